The second kappa shape index (κ2) is 20.3. The second-order valence-corrected chi connectivity index (χ2v) is 21.3. The summed E-state index contributed by atoms with van der Waals surface area (Å²) in [5, 5.41) is 4.82. The molecular formula is C74H52N4O4. The van der Waals surface area contributed by atoms with E-state index in [-0.39, 0.29) is 11.8 Å². The van der Waals surface area contributed by atoms with E-state index in [4.69, 9.17) is 18.9 Å². The molecule has 0 amide bonds. The number of hydrogen-bond acceptors (Lipinski definition) is 8. The lowest BCUT2D eigenvalue weighted by Crippen LogP contribution is -2.20. The van der Waals surface area contributed by atoms with Gasteiger partial charge in [-0.25, -0.2) is 0 Å². The number of hydrogen-bond donors (Lipinski definition) is 0. The fourth-order valence-corrected chi connectivity index (χ4v) is 12.4. The number of rotatable bonds is 4. The fraction of sp³-hybridized carbons (Fsp3) is 0.0811. The minimum Gasteiger partial charge on any atom is -0.492 e. The van der Waals surface area contributed by atoms with Crippen molar-refractivity contribution in [3.63, 3.8) is 0 Å². The monoisotopic (exact) mass is 1060 g/mol. The molecular weight excluding hydrogens is 1010 g/mol. The summed E-state index contributed by atoms with van der Waals surface area (Å²) in [4.78, 5) is 16.8. The summed E-state index contributed by atoms with van der Waals surface area (Å²) in [5.74, 6) is 5.62. The summed E-state index contributed by atoms with van der Waals surface area (Å²) in [6.45, 7) is 5.77. The molecule has 4 aliphatic heterocycles. The normalized spacial score (nSPS) is 15.4. The third-order valence-electron chi connectivity index (χ3n) is 16.3. The van der Waals surface area contributed by atoms with E-state index >= 15 is 0 Å². The highest BCUT2D eigenvalue weighted by Crippen LogP contribution is 2.55. The van der Waals surface area contributed by atoms with E-state index in [2.05, 4.69) is 179 Å². The molecule has 16 rings (SSSR count). The zero-order chi connectivity index (χ0) is 54.7. The Balaban J connectivity index is 0.000000140. The quantitative estimate of drug-likeness (QED) is 0.172. The minimum atomic E-state index is 0.182. The van der Waals surface area contributed by atoms with Crippen LogP contribution >= 0.6 is 0 Å². The molecule has 4 aromatic heterocycles. The van der Waals surface area contributed by atoms with Crippen molar-refractivity contribution >= 4 is 43.8 Å². The molecule has 0 saturated heterocycles. The topological polar surface area (TPSA) is 88.5 Å². The predicted molar refractivity (Wildman–Crippen MR) is 328 cm³/mol. The van der Waals surface area contributed by atoms with Gasteiger partial charge in [-0.15, -0.1) is 0 Å². The van der Waals surface area contributed by atoms with Crippen LogP contribution in [-0.4, -0.2) is 33.1 Å². The van der Waals surface area contributed by atoms with Crippen molar-refractivity contribution in [1.29, 1.82) is 0 Å². The molecule has 8 heterocycles. The van der Waals surface area contributed by atoms with E-state index in [9.17, 15) is 0 Å². The molecule has 0 fully saturated rings. The molecule has 392 valence electrons. The lowest BCUT2D eigenvalue weighted by Gasteiger charge is -2.33. The molecule has 0 unspecified atom stereocenters. The number of fused-ring (bicyclic) bond motifs is 10. The van der Waals surface area contributed by atoms with Gasteiger partial charge < -0.3 is 18.9 Å². The highest BCUT2D eigenvalue weighted by atomic mass is 16.5. The Morgan fingerprint density at radius 2 is 0.610 bits per heavy atom. The Kier molecular flexibility index (Phi) is 12.1. The number of benzene rings is 8. The first-order chi connectivity index (χ1) is 40.5. The van der Waals surface area contributed by atoms with Crippen LogP contribution < -0.4 is 18.9 Å². The largest absolute Gasteiger partial charge is 0.492 e. The summed E-state index contributed by atoms with van der Waals surface area (Å²) in [5.41, 5.74) is 20.5. The van der Waals surface area contributed by atoms with Gasteiger partial charge in [0.25, 0.3) is 0 Å². The minimum absolute atomic E-state index is 0.182. The second-order valence-electron chi connectivity index (χ2n) is 21.3. The van der Waals surface area contributed by atoms with Crippen LogP contribution in [-0.2, 0) is 0 Å². The van der Waals surface area contributed by atoms with Crippen LogP contribution in [0.4, 0.5) is 0 Å². The smallest absolute Gasteiger partial charge is 0.135 e. The van der Waals surface area contributed by atoms with Gasteiger partial charge in [0.1, 0.15) is 34.5 Å². The van der Waals surface area contributed by atoms with E-state index in [1.165, 1.54) is 55.0 Å². The molecule has 0 bridgehead atoms. The summed E-state index contributed by atoms with van der Waals surface area (Å²) >= 11 is 0. The number of aromatic nitrogens is 4. The molecule has 0 saturated carbocycles. The lowest BCUT2D eigenvalue weighted by atomic mass is 9.79. The van der Waals surface area contributed by atoms with Gasteiger partial charge in [-0.1, -0.05) is 98.8 Å². The molecule has 0 spiro atoms. The fourth-order valence-electron chi connectivity index (χ4n) is 12.4. The van der Waals surface area contributed by atoms with Crippen molar-refractivity contribution in [3.8, 4) is 79.0 Å². The van der Waals surface area contributed by atoms with E-state index in [1.807, 2.05) is 98.1 Å². The van der Waals surface area contributed by atoms with Crippen LogP contribution in [0.2, 0.25) is 0 Å². The maximum atomic E-state index is 6.74. The van der Waals surface area contributed by atoms with Crippen LogP contribution in [0.15, 0.2) is 244 Å². The molecule has 0 radical (unpaired) electrons. The van der Waals surface area contributed by atoms with Crippen molar-refractivity contribution in [1.82, 2.24) is 19.9 Å². The summed E-state index contributed by atoms with van der Waals surface area (Å²) in [7, 11) is 0. The summed E-state index contributed by atoms with van der Waals surface area (Å²) < 4.78 is 26.1. The van der Waals surface area contributed by atoms with Gasteiger partial charge in [0.05, 0.1) is 13.2 Å². The molecule has 4 aliphatic rings. The Hall–Kier alpha value is -10.4. The first kappa shape index (κ1) is 48.7. The van der Waals surface area contributed by atoms with Crippen LogP contribution in [0.1, 0.15) is 47.2 Å². The average Bonchev–Trinajstić information content (AvgIpc) is 3.73. The molecule has 2 atom stereocenters. The molecule has 0 N–H and O–H groups in total. The molecule has 0 aliphatic carbocycles. The number of ether oxygens (including phenoxy) is 4. The maximum absolute atomic E-state index is 6.74. The molecule has 12 aromatic rings. The van der Waals surface area contributed by atoms with Crippen LogP contribution in [0, 0.1) is 11.8 Å². The highest BCUT2D eigenvalue weighted by molar-refractivity contribution is 6.12. The van der Waals surface area contributed by atoms with Gasteiger partial charge in [0.2, 0.25) is 0 Å². The summed E-state index contributed by atoms with van der Waals surface area (Å²) in [6.07, 6.45) is 14.6. The Morgan fingerprint density at radius 1 is 0.305 bits per heavy atom. The Morgan fingerprint density at radius 3 is 0.927 bits per heavy atom. The van der Waals surface area contributed by atoms with Crippen molar-refractivity contribution in [2.24, 2.45) is 11.8 Å². The first-order valence-electron chi connectivity index (χ1n) is 27.8. The van der Waals surface area contributed by atoms with E-state index in [0.717, 1.165) is 101 Å². The number of nitrogens with zero attached hydrogens (tertiary/aromatic N) is 4. The zero-order valence-corrected chi connectivity index (χ0v) is 45.1. The Labute approximate surface area is 475 Å². The van der Waals surface area contributed by atoms with Crippen molar-refractivity contribution in [2.45, 2.75) is 13.8 Å². The van der Waals surface area contributed by atoms with E-state index in [0.29, 0.717) is 13.2 Å². The van der Waals surface area contributed by atoms with Crippen molar-refractivity contribution in [2.75, 3.05) is 13.2 Å². The van der Waals surface area contributed by atoms with Gasteiger partial charge in [-0.05, 0) is 186 Å². The van der Waals surface area contributed by atoms with E-state index in [1.54, 1.807) is 0 Å². The van der Waals surface area contributed by atoms with Crippen LogP contribution in [0.5, 0.6) is 34.5 Å². The van der Waals surface area contributed by atoms with Gasteiger partial charge >= 0.3 is 0 Å². The van der Waals surface area contributed by atoms with Crippen molar-refractivity contribution < 1.29 is 18.9 Å². The van der Waals surface area contributed by atoms with Gasteiger partial charge in [0.15, 0.2) is 0 Å². The maximum Gasteiger partial charge on any atom is 0.135 e. The van der Waals surface area contributed by atoms with Crippen molar-refractivity contribution in [3.05, 3.63) is 277 Å². The lowest BCUT2D eigenvalue weighted by molar-refractivity contribution is 0.277. The van der Waals surface area contributed by atoms with Gasteiger partial charge in [-0.3, -0.25) is 19.9 Å². The molecule has 8 nitrogen and oxygen atoms in total. The van der Waals surface area contributed by atoms with Crippen LogP contribution in [0.25, 0.3) is 88.3 Å². The molecule has 8 heteroatoms. The highest BCUT2D eigenvalue weighted by Gasteiger charge is 2.35. The SMILES string of the molecule is C[C@@H]1COc2ccc3ccccc3c2C1=C1c2ccc(-c3ccncc3)cc2Oc2cc(-c3ccncc3)ccc21.C[C@@H]1COc2ccc3ccccc3c2C1=C1c2ccc(-c3ccncc3)cc2Oc2cc(-c3ccncc3)ccc21. The third-order valence-corrected chi connectivity index (χ3v) is 16.3. The average molecular weight is 1060 g/mol. The van der Waals surface area contributed by atoms with Gasteiger partial charge in [-0.2, -0.15) is 0 Å². The van der Waals surface area contributed by atoms with E-state index < -0.39 is 0 Å². The zero-order valence-electron chi connectivity index (χ0n) is 45.1. The Bertz CT molecular complexity index is 4070. The molecule has 82 heavy (non-hydrogen) atoms. The first-order valence-corrected chi connectivity index (χ1v) is 27.8. The summed E-state index contributed by atoms with van der Waals surface area (Å²) in [6, 6.07) is 68.1. The molecule has 8 aromatic carbocycles. The van der Waals surface area contributed by atoms with Crippen LogP contribution in [0.3, 0.4) is 0 Å². The standard InChI is InChI=1S/2C37H26N2O2/c2*1-23-22-40-32-11-8-26-4-2-3-5-29(26)37(32)35(23)36-30-9-6-27(24-12-16-38-17-13-24)20-33(30)41-34-21-28(7-10-31(34)36)25-14-18-39-19-15-25/h2*2-21,23H,22H2,1H3/t2*23-/m11/s1. The number of pyridine rings is 4. The van der Waals surface area contributed by atoms with Gasteiger partial charge in [0, 0.05) is 106 Å². The third kappa shape index (κ3) is 8.55. The predicted octanol–water partition coefficient (Wildman–Crippen LogP) is 18.1.